The first kappa shape index (κ1) is 15.0. The molecule has 1 saturated carbocycles. The number of carbonyl (C=O) groups is 1. The van der Waals surface area contributed by atoms with Gasteiger partial charge in [-0.1, -0.05) is 34.8 Å². The van der Waals surface area contributed by atoms with Crippen molar-refractivity contribution in [2.45, 2.75) is 19.3 Å². The van der Waals surface area contributed by atoms with Crippen LogP contribution < -0.4 is 10.1 Å². The third-order valence-electron chi connectivity index (χ3n) is 3.56. The summed E-state index contributed by atoms with van der Waals surface area (Å²) in [5, 5.41) is 2.94. The lowest BCUT2D eigenvalue weighted by atomic mass is 10.2. The van der Waals surface area contributed by atoms with E-state index in [1.54, 1.807) is 18.3 Å². The van der Waals surface area contributed by atoms with Crippen LogP contribution in [0.2, 0.25) is 0 Å². The fraction of sp³-hybridized carbons (Fsp3) is 0.294. The molecule has 0 aliphatic heterocycles. The predicted octanol–water partition coefficient (Wildman–Crippen LogP) is 4.17. The van der Waals surface area contributed by atoms with E-state index in [0.717, 1.165) is 16.8 Å². The Labute approximate surface area is 138 Å². The standard InChI is InChI=1S/C17H17BrN2O2/c18-13-3-1-4-14(11-13)22-17-15(5-2-9-20-17)16(21)19-10-8-12-6-7-12/h1-5,9,11-12H,6-8,10H2,(H,19,21). The van der Waals surface area contributed by atoms with Crippen molar-refractivity contribution >= 4 is 21.8 Å². The van der Waals surface area contributed by atoms with Crippen LogP contribution in [0, 0.1) is 5.92 Å². The average Bonchev–Trinajstić information content (AvgIpc) is 3.32. The first-order valence-electron chi connectivity index (χ1n) is 7.39. The van der Waals surface area contributed by atoms with E-state index in [4.69, 9.17) is 4.74 Å². The summed E-state index contributed by atoms with van der Waals surface area (Å²) in [6, 6.07) is 10.9. The molecule has 1 aliphatic carbocycles. The number of amides is 1. The van der Waals surface area contributed by atoms with Crippen molar-refractivity contribution in [2.75, 3.05) is 6.54 Å². The summed E-state index contributed by atoms with van der Waals surface area (Å²) in [5.41, 5.74) is 0.457. The molecule has 4 nitrogen and oxygen atoms in total. The molecule has 3 rings (SSSR count). The number of ether oxygens (including phenoxy) is 1. The van der Waals surface area contributed by atoms with E-state index in [2.05, 4.69) is 26.2 Å². The van der Waals surface area contributed by atoms with Gasteiger partial charge < -0.3 is 10.1 Å². The highest BCUT2D eigenvalue weighted by molar-refractivity contribution is 9.10. The molecule has 1 heterocycles. The van der Waals surface area contributed by atoms with E-state index in [0.29, 0.717) is 23.7 Å². The lowest BCUT2D eigenvalue weighted by Crippen LogP contribution is -2.25. The Kier molecular flexibility index (Phi) is 4.73. The van der Waals surface area contributed by atoms with Crippen LogP contribution in [0.4, 0.5) is 0 Å². The minimum absolute atomic E-state index is 0.140. The molecular formula is C17H17BrN2O2. The van der Waals surface area contributed by atoms with E-state index < -0.39 is 0 Å². The summed E-state index contributed by atoms with van der Waals surface area (Å²) < 4.78 is 6.66. The van der Waals surface area contributed by atoms with E-state index in [1.807, 2.05) is 24.3 Å². The minimum Gasteiger partial charge on any atom is -0.438 e. The first-order chi connectivity index (χ1) is 10.7. The number of hydrogen-bond donors (Lipinski definition) is 1. The van der Waals surface area contributed by atoms with Crippen LogP contribution in [-0.4, -0.2) is 17.4 Å². The molecule has 1 amide bonds. The van der Waals surface area contributed by atoms with Gasteiger partial charge >= 0.3 is 0 Å². The highest BCUT2D eigenvalue weighted by atomic mass is 79.9. The van der Waals surface area contributed by atoms with Gasteiger partial charge in [0, 0.05) is 17.2 Å². The van der Waals surface area contributed by atoms with Gasteiger partial charge in [0.2, 0.25) is 5.88 Å². The molecule has 0 bridgehead atoms. The number of hydrogen-bond acceptors (Lipinski definition) is 3. The second-order valence-electron chi connectivity index (χ2n) is 5.40. The van der Waals surface area contributed by atoms with E-state index in [9.17, 15) is 4.79 Å². The monoisotopic (exact) mass is 360 g/mol. The molecule has 0 unspecified atom stereocenters. The third kappa shape index (κ3) is 4.07. The highest BCUT2D eigenvalue weighted by Gasteiger charge is 2.21. The summed E-state index contributed by atoms with van der Waals surface area (Å²) in [4.78, 5) is 16.5. The molecule has 1 aromatic carbocycles. The number of halogens is 1. The van der Waals surface area contributed by atoms with Gasteiger partial charge in [-0.15, -0.1) is 0 Å². The number of rotatable bonds is 6. The van der Waals surface area contributed by atoms with Gasteiger partial charge in [0.15, 0.2) is 0 Å². The summed E-state index contributed by atoms with van der Waals surface area (Å²) >= 11 is 3.40. The second kappa shape index (κ2) is 6.92. The van der Waals surface area contributed by atoms with Crippen molar-refractivity contribution in [1.29, 1.82) is 0 Å². The smallest absolute Gasteiger partial charge is 0.256 e. The molecule has 0 atom stereocenters. The molecule has 2 aromatic rings. The quantitative estimate of drug-likeness (QED) is 0.840. The maximum Gasteiger partial charge on any atom is 0.256 e. The maximum atomic E-state index is 12.3. The van der Waals surface area contributed by atoms with Crippen LogP contribution in [-0.2, 0) is 0 Å². The molecule has 22 heavy (non-hydrogen) atoms. The molecule has 5 heteroatoms. The minimum atomic E-state index is -0.140. The van der Waals surface area contributed by atoms with Crippen molar-refractivity contribution in [1.82, 2.24) is 10.3 Å². The normalized spacial score (nSPS) is 13.7. The van der Waals surface area contributed by atoms with Crippen molar-refractivity contribution < 1.29 is 9.53 Å². The summed E-state index contributed by atoms with van der Waals surface area (Å²) in [5.74, 6) is 1.62. The van der Waals surface area contributed by atoms with E-state index in [-0.39, 0.29) is 5.91 Å². The molecule has 1 N–H and O–H groups in total. The van der Waals surface area contributed by atoms with Crippen molar-refractivity contribution in [3.05, 3.63) is 52.6 Å². The molecule has 1 aromatic heterocycles. The van der Waals surface area contributed by atoms with Crippen LogP contribution >= 0.6 is 15.9 Å². The molecule has 0 spiro atoms. The second-order valence-corrected chi connectivity index (χ2v) is 6.32. The Morgan fingerprint density at radius 3 is 2.95 bits per heavy atom. The molecule has 114 valence electrons. The maximum absolute atomic E-state index is 12.3. The number of carbonyl (C=O) groups excluding carboxylic acids is 1. The zero-order valence-corrected chi connectivity index (χ0v) is 13.7. The van der Waals surface area contributed by atoms with Gasteiger partial charge in [-0.2, -0.15) is 0 Å². The van der Waals surface area contributed by atoms with Gasteiger partial charge in [-0.3, -0.25) is 4.79 Å². The van der Waals surface area contributed by atoms with Crippen molar-refractivity contribution in [3.63, 3.8) is 0 Å². The Bertz CT molecular complexity index is 671. The molecular weight excluding hydrogens is 344 g/mol. The lowest BCUT2D eigenvalue weighted by Gasteiger charge is -2.10. The summed E-state index contributed by atoms with van der Waals surface area (Å²) in [6.07, 6.45) is 5.25. The Morgan fingerprint density at radius 2 is 2.18 bits per heavy atom. The summed E-state index contributed by atoms with van der Waals surface area (Å²) in [6.45, 7) is 0.703. The number of benzene rings is 1. The van der Waals surface area contributed by atoms with Gasteiger partial charge in [-0.25, -0.2) is 4.98 Å². The van der Waals surface area contributed by atoms with Crippen LogP contribution in [0.15, 0.2) is 47.1 Å². The average molecular weight is 361 g/mol. The predicted molar refractivity (Wildman–Crippen MR) is 88.1 cm³/mol. The number of nitrogens with zero attached hydrogens (tertiary/aromatic N) is 1. The van der Waals surface area contributed by atoms with E-state index in [1.165, 1.54) is 12.8 Å². The zero-order chi connectivity index (χ0) is 15.4. The van der Waals surface area contributed by atoms with Gasteiger partial charge in [0.25, 0.3) is 5.91 Å². The van der Waals surface area contributed by atoms with Crippen LogP contribution in [0.1, 0.15) is 29.6 Å². The Balaban J connectivity index is 1.69. The first-order valence-corrected chi connectivity index (χ1v) is 8.18. The fourth-order valence-corrected chi connectivity index (χ4v) is 2.56. The number of nitrogens with one attached hydrogen (secondary N) is 1. The topological polar surface area (TPSA) is 51.2 Å². The highest BCUT2D eigenvalue weighted by Crippen LogP contribution is 2.31. The SMILES string of the molecule is O=C(NCCC1CC1)c1cccnc1Oc1cccc(Br)c1. The fourth-order valence-electron chi connectivity index (χ4n) is 2.18. The third-order valence-corrected chi connectivity index (χ3v) is 4.05. The van der Waals surface area contributed by atoms with Crippen LogP contribution in [0.3, 0.4) is 0 Å². The molecule has 0 saturated heterocycles. The molecule has 0 radical (unpaired) electrons. The number of aromatic nitrogens is 1. The number of pyridine rings is 1. The van der Waals surface area contributed by atoms with Crippen LogP contribution in [0.5, 0.6) is 11.6 Å². The van der Waals surface area contributed by atoms with Gasteiger partial charge in [0.05, 0.1) is 0 Å². The van der Waals surface area contributed by atoms with E-state index >= 15 is 0 Å². The lowest BCUT2D eigenvalue weighted by molar-refractivity contribution is 0.0949. The zero-order valence-electron chi connectivity index (χ0n) is 12.1. The summed E-state index contributed by atoms with van der Waals surface area (Å²) in [7, 11) is 0. The molecule has 1 fully saturated rings. The largest absolute Gasteiger partial charge is 0.438 e. The Hall–Kier alpha value is -1.88. The molecule has 1 aliphatic rings. The Morgan fingerprint density at radius 1 is 1.32 bits per heavy atom. The van der Waals surface area contributed by atoms with Crippen molar-refractivity contribution in [2.24, 2.45) is 5.92 Å². The van der Waals surface area contributed by atoms with Gasteiger partial charge in [-0.05, 0) is 42.7 Å². The van der Waals surface area contributed by atoms with Gasteiger partial charge in [0.1, 0.15) is 11.3 Å². The van der Waals surface area contributed by atoms with Crippen molar-refractivity contribution in [3.8, 4) is 11.6 Å². The van der Waals surface area contributed by atoms with Crippen LogP contribution in [0.25, 0.3) is 0 Å².